The molecule has 2 rings (SSSR count). The number of halogens is 1. The van der Waals surface area contributed by atoms with Crippen LogP contribution in [-0.4, -0.2) is 21.0 Å². The molecule has 0 saturated carbocycles. The van der Waals surface area contributed by atoms with Crippen LogP contribution in [0.1, 0.15) is 24.4 Å². The number of H-pyrrole nitrogens is 1. The Kier molecular flexibility index (Phi) is 3.39. The molecule has 1 heterocycles. The molecule has 1 aromatic heterocycles. The molecule has 0 radical (unpaired) electrons. The molecule has 0 fully saturated rings. The van der Waals surface area contributed by atoms with Gasteiger partial charge in [0.1, 0.15) is 11.7 Å². The maximum Gasteiger partial charge on any atom is 0.313 e. The van der Waals surface area contributed by atoms with E-state index in [1.165, 1.54) is 0 Å². The van der Waals surface area contributed by atoms with Crippen LogP contribution in [0.25, 0.3) is 11.3 Å². The molecule has 4 nitrogen and oxygen atoms in total. The molecule has 2 aromatic rings. The molecule has 1 unspecified atom stereocenters. The van der Waals surface area contributed by atoms with E-state index in [1.54, 1.807) is 19.1 Å². The van der Waals surface area contributed by atoms with Gasteiger partial charge in [-0.1, -0.05) is 23.7 Å². The van der Waals surface area contributed by atoms with Crippen molar-refractivity contribution in [3.8, 4) is 11.3 Å². The molecule has 1 atom stereocenters. The smallest absolute Gasteiger partial charge is 0.313 e. The lowest BCUT2D eigenvalue weighted by molar-refractivity contribution is -0.138. The van der Waals surface area contributed by atoms with E-state index in [2.05, 4.69) is 9.97 Å². The maximum atomic E-state index is 10.9. The van der Waals surface area contributed by atoms with Gasteiger partial charge in [0.15, 0.2) is 0 Å². The van der Waals surface area contributed by atoms with Crippen LogP contribution in [-0.2, 0) is 4.79 Å². The number of imidazole rings is 1. The van der Waals surface area contributed by atoms with Gasteiger partial charge in [-0.15, -0.1) is 0 Å². The van der Waals surface area contributed by atoms with Gasteiger partial charge in [0.25, 0.3) is 0 Å². The predicted molar refractivity (Wildman–Crippen MR) is 69.8 cm³/mol. The van der Waals surface area contributed by atoms with Crippen molar-refractivity contribution in [2.75, 3.05) is 0 Å². The highest BCUT2D eigenvalue weighted by molar-refractivity contribution is 6.30. The number of carboxylic acids is 1. The van der Waals surface area contributed by atoms with Crippen LogP contribution < -0.4 is 0 Å². The van der Waals surface area contributed by atoms with E-state index in [1.807, 2.05) is 19.1 Å². The molecule has 2 N–H and O–H groups in total. The summed E-state index contributed by atoms with van der Waals surface area (Å²) < 4.78 is 0. The predicted octanol–water partition coefficient (Wildman–Crippen LogP) is 3.23. The first-order valence-corrected chi connectivity index (χ1v) is 5.92. The van der Waals surface area contributed by atoms with Crippen molar-refractivity contribution in [3.63, 3.8) is 0 Å². The van der Waals surface area contributed by atoms with Gasteiger partial charge in [0.2, 0.25) is 0 Å². The fourth-order valence-corrected chi connectivity index (χ4v) is 1.91. The second-order valence-corrected chi connectivity index (χ2v) is 4.60. The van der Waals surface area contributed by atoms with Crippen LogP contribution >= 0.6 is 11.6 Å². The van der Waals surface area contributed by atoms with Crippen molar-refractivity contribution in [3.05, 3.63) is 40.8 Å². The zero-order valence-electron chi connectivity index (χ0n) is 10.1. The van der Waals surface area contributed by atoms with Gasteiger partial charge in [0, 0.05) is 16.3 Å². The lowest BCUT2D eigenvalue weighted by atomic mass is 10.1. The summed E-state index contributed by atoms with van der Waals surface area (Å²) in [4.78, 5) is 18.3. The zero-order valence-corrected chi connectivity index (χ0v) is 10.8. The number of aliphatic carboxylic acids is 1. The standard InChI is InChI=1S/C13H13ClN2O2/c1-7(13(17)18)12-15-8(2)11(16-12)9-4-3-5-10(14)6-9/h3-7H,1-2H3,(H,15,16)(H,17,18). The van der Waals surface area contributed by atoms with E-state index in [-0.39, 0.29) is 0 Å². The Hall–Kier alpha value is -1.81. The summed E-state index contributed by atoms with van der Waals surface area (Å²) in [5.41, 5.74) is 2.45. The molecular weight excluding hydrogens is 252 g/mol. The Morgan fingerprint density at radius 1 is 1.50 bits per heavy atom. The number of hydrogen-bond donors (Lipinski definition) is 2. The fraction of sp³-hybridized carbons (Fsp3) is 0.231. The second-order valence-electron chi connectivity index (χ2n) is 4.17. The number of nitrogens with zero attached hydrogens (tertiary/aromatic N) is 1. The SMILES string of the molecule is Cc1[nH]c(C(C)C(=O)O)nc1-c1cccc(Cl)c1. The van der Waals surface area contributed by atoms with Crippen LogP contribution in [0.4, 0.5) is 0 Å². The molecule has 0 aliphatic heterocycles. The summed E-state index contributed by atoms with van der Waals surface area (Å²) in [5.74, 6) is -1.10. The number of hydrogen-bond acceptors (Lipinski definition) is 2. The van der Waals surface area contributed by atoms with Crippen LogP contribution in [0.3, 0.4) is 0 Å². The quantitative estimate of drug-likeness (QED) is 0.894. The van der Waals surface area contributed by atoms with Gasteiger partial charge in [-0.25, -0.2) is 4.98 Å². The third-order valence-electron chi connectivity index (χ3n) is 2.78. The number of nitrogens with one attached hydrogen (secondary N) is 1. The normalized spacial score (nSPS) is 12.4. The molecule has 0 aliphatic carbocycles. The monoisotopic (exact) mass is 264 g/mol. The minimum atomic E-state index is -0.901. The molecule has 0 aliphatic rings. The first-order valence-electron chi connectivity index (χ1n) is 5.54. The maximum absolute atomic E-state index is 10.9. The number of aromatic nitrogens is 2. The number of aromatic amines is 1. The van der Waals surface area contributed by atoms with Crippen LogP contribution in [0.5, 0.6) is 0 Å². The first-order chi connectivity index (χ1) is 8.49. The Balaban J connectivity index is 2.44. The molecule has 18 heavy (non-hydrogen) atoms. The van der Waals surface area contributed by atoms with Gasteiger partial charge < -0.3 is 10.1 Å². The summed E-state index contributed by atoms with van der Waals surface area (Å²) in [6.45, 7) is 3.46. The fourth-order valence-electron chi connectivity index (χ4n) is 1.72. The average Bonchev–Trinajstić information content (AvgIpc) is 2.70. The summed E-state index contributed by atoms with van der Waals surface area (Å²) in [6.07, 6.45) is 0. The van der Waals surface area contributed by atoms with Gasteiger partial charge in [-0.3, -0.25) is 4.79 Å². The van der Waals surface area contributed by atoms with E-state index >= 15 is 0 Å². The number of carboxylic acid groups (broad SMARTS) is 1. The highest BCUT2D eigenvalue weighted by Crippen LogP contribution is 2.26. The number of carbonyl (C=O) groups is 1. The Morgan fingerprint density at radius 2 is 2.22 bits per heavy atom. The molecule has 5 heteroatoms. The van der Waals surface area contributed by atoms with Gasteiger partial charge in [0.05, 0.1) is 5.69 Å². The summed E-state index contributed by atoms with van der Waals surface area (Å²) in [6, 6.07) is 7.32. The molecule has 0 saturated heterocycles. The number of aryl methyl sites for hydroxylation is 1. The van der Waals surface area contributed by atoms with E-state index in [9.17, 15) is 4.79 Å². The van der Waals surface area contributed by atoms with Crippen molar-refractivity contribution < 1.29 is 9.90 Å². The average molecular weight is 265 g/mol. The molecule has 0 bridgehead atoms. The minimum Gasteiger partial charge on any atom is -0.481 e. The highest BCUT2D eigenvalue weighted by Gasteiger charge is 2.19. The highest BCUT2D eigenvalue weighted by atomic mass is 35.5. The number of rotatable bonds is 3. The zero-order chi connectivity index (χ0) is 13.3. The number of benzene rings is 1. The Bertz CT molecular complexity index is 592. The molecule has 1 aromatic carbocycles. The second kappa shape index (κ2) is 4.82. The van der Waals surface area contributed by atoms with Crippen molar-refractivity contribution >= 4 is 17.6 Å². The van der Waals surface area contributed by atoms with E-state index < -0.39 is 11.9 Å². The lowest BCUT2D eigenvalue weighted by Crippen LogP contribution is -2.08. The van der Waals surface area contributed by atoms with Crippen molar-refractivity contribution in [2.24, 2.45) is 0 Å². The molecular formula is C13H13ClN2O2. The summed E-state index contributed by atoms with van der Waals surface area (Å²) in [7, 11) is 0. The third kappa shape index (κ3) is 2.38. The molecule has 0 spiro atoms. The van der Waals surface area contributed by atoms with E-state index in [4.69, 9.17) is 16.7 Å². The van der Waals surface area contributed by atoms with Crippen molar-refractivity contribution in [1.29, 1.82) is 0 Å². The van der Waals surface area contributed by atoms with Gasteiger partial charge in [-0.2, -0.15) is 0 Å². The lowest BCUT2D eigenvalue weighted by Gasteiger charge is -2.00. The Labute approximate surface area is 110 Å². The largest absolute Gasteiger partial charge is 0.481 e. The Morgan fingerprint density at radius 3 is 2.83 bits per heavy atom. The third-order valence-corrected chi connectivity index (χ3v) is 3.02. The van der Waals surface area contributed by atoms with Crippen LogP contribution in [0.15, 0.2) is 24.3 Å². The van der Waals surface area contributed by atoms with E-state index in [0.29, 0.717) is 10.8 Å². The first kappa shape index (κ1) is 12.6. The van der Waals surface area contributed by atoms with Gasteiger partial charge >= 0.3 is 5.97 Å². The summed E-state index contributed by atoms with van der Waals surface area (Å²) in [5, 5.41) is 9.60. The molecule has 94 valence electrons. The van der Waals surface area contributed by atoms with Crippen LogP contribution in [0.2, 0.25) is 5.02 Å². The van der Waals surface area contributed by atoms with Crippen LogP contribution in [0, 0.1) is 6.92 Å². The molecule has 0 amide bonds. The van der Waals surface area contributed by atoms with Gasteiger partial charge in [-0.05, 0) is 26.0 Å². The van der Waals surface area contributed by atoms with E-state index in [0.717, 1.165) is 17.0 Å². The minimum absolute atomic E-state index is 0.454. The topological polar surface area (TPSA) is 66.0 Å². The van der Waals surface area contributed by atoms with Crippen molar-refractivity contribution in [2.45, 2.75) is 19.8 Å². The van der Waals surface area contributed by atoms with Crippen molar-refractivity contribution in [1.82, 2.24) is 9.97 Å². The summed E-state index contributed by atoms with van der Waals surface area (Å²) >= 11 is 5.93.